The zero-order valence-electron chi connectivity index (χ0n) is 27.0. The molecule has 4 aromatic carbocycles. The first-order chi connectivity index (χ1) is 24.2. The highest BCUT2D eigenvalue weighted by atomic mass is 32.1. The molecular weight excluding hydrogens is 660 g/mol. The number of rotatable bonds is 12. The number of hydrogen-bond acceptors (Lipinski definition) is 10. The molecule has 0 spiro atoms. The fourth-order valence-corrected chi connectivity index (χ4v) is 7.03. The molecule has 0 aliphatic carbocycles. The number of fused-ring (bicyclic) bond motifs is 2. The fourth-order valence-electron chi connectivity index (χ4n) is 5.86. The molecule has 1 aromatic heterocycles. The van der Waals surface area contributed by atoms with E-state index < -0.39 is 29.7 Å². The number of carbonyl (C=O) groups is 4. The number of nitrogens with zero attached hydrogens (tertiary/aromatic N) is 1. The number of phenols is 1. The van der Waals surface area contributed by atoms with Gasteiger partial charge in [0.05, 0.1) is 29.2 Å². The first-order valence-electron chi connectivity index (χ1n) is 16.0. The van der Waals surface area contributed by atoms with Crippen LogP contribution >= 0.6 is 11.3 Å². The highest BCUT2D eigenvalue weighted by molar-refractivity contribution is 7.22. The number of aryl methyl sites for hydroxylation is 1. The summed E-state index contributed by atoms with van der Waals surface area (Å²) >= 11 is 1.57. The molecule has 2 aliphatic heterocycles. The molecular formula is C38H32N2O9S. The number of imide groups is 2. The number of hydrogen-bond donors (Lipinski definition) is 2. The highest BCUT2D eigenvalue weighted by Crippen LogP contribution is 2.47. The van der Waals surface area contributed by atoms with Gasteiger partial charge in [0.2, 0.25) is 11.8 Å². The highest BCUT2D eigenvalue weighted by Gasteiger charge is 2.44. The van der Waals surface area contributed by atoms with Crippen molar-refractivity contribution in [3.05, 3.63) is 102 Å². The monoisotopic (exact) mass is 692 g/mol. The number of phenolic OH excluding ortho intramolecular Hbond substituents is 1. The van der Waals surface area contributed by atoms with Crippen LogP contribution in [0.25, 0.3) is 20.5 Å². The summed E-state index contributed by atoms with van der Waals surface area (Å²) < 4.78 is 24.5. The number of ether oxygens (including phenoxy) is 4. The summed E-state index contributed by atoms with van der Waals surface area (Å²) in [6.45, 7) is 3.13. The maximum Gasteiger partial charge on any atom is 0.262 e. The van der Waals surface area contributed by atoms with Crippen LogP contribution in [0.4, 0.5) is 0 Å². The van der Waals surface area contributed by atoms with Crippen molar-refractivity contribution in [3.8, 4) is 39.2 Å². The molecule has 1 fully saturated rings. The third-order valence-electron chi connectivity index (χ3n) is 8.39. The van der Waals surface area contributed by atoms with Gasteiger partial charge in [0.25, 0.3) is 11.8 Å². The van der Waals surface area contributed by atoms with Gasteiger partial charge in [-0.3, -0.25) is 29.4 Å². The van der Waals surface area contributed by atoms with Gasteiger partial charge in [0.15, 0.2) is 5.75 Å². The third kappa shape index (κ3) is 6.75. The van der Waals surface area contributed by atoms with Crippen LogP contribution in [0.2, 0.25) is 0 Å². The maximum absolute atomic E-state index is 13.0. The Kier molecular flexibility index (Phi) is 9.20. The zero-order chi connectivity index (χ0) is 34.8. The quantitative estimate of drug-likeness (QED) is 0.115. The molecule has 0 radical (unpaired) electrons. The van der Waals surface area contributed by atoms with Gasteiger partial charge >= 0.3 is 0 Å². The summed E-state index contributed by atoms with van der Waals surface area (Å²) in [5.74, 6) is 0.381. The molecule has 1 unspecified atom stereocenters. The van der Waals surface area contributed by atoms with Gasteiger partial charge in [-0.2, -0.15) is 0 Å². The van der Waals surface area contributed by atoms with Gasteiger partial charge in [-0.05, 0) is 79.6 Å². The number of amides is 4. The average Bonchev–Trinajstić information content (AvgIpc) is 3.58. The van der Waals surface area contributed by atoms with Crippen LogP contribution in [-0.4, -0.2) is 66.1 Å². The van der Waals surface area contributed by atoms with Crippen molar-refractivity contribution in [2.24, 2.45) is 0 Å². The van der Waals surface area contributed by atoms with Crippen molar-refractivity contribution in [2.75, 3.05) is 26.4 Å². The lowest BCUT2D eigenvalue weighted by atomic mass is 10.0. The number of thiophene rings is 1. The van der Waals surface area contributed by atoms with Crippen LogP contribution in [0.5, 0.6) is 28.7 Å². The first kappa shape index (κ1) is 32.8. The van der Waals surface area contributed by atoms with Gasteiger partial charge < -0.3 is 24.1 Å². The summed E-state index contributed by atoms with van der Waals surface area (Å²) in [7, 11) is 0. The van der Waals surface area contributed by atoms with Crippen molar-refractivity contribution in [2.45, 2.75) is 25.8 Å². The Morgan fingerprint density at radius 1 is 0.780 bits per heavy atom. The van der Waals surface area contributed by atoms with E-state index in [2.05, 4.69) is 29.6 Å². The molecule has 2 N–H and O–H groups in total. The summed E-state index contributed by atoms with van der Waals surface area (Å²) in [6.07, 6.45) is 0.151. The van der Waals surface area contributed by atoms with E-state index in [1.807, 2.05) is 37.3 Å². The molecule has 4 amide bonds. The van der Waals surface area contributed by atoms with E-state index in [0.29, 0.717) is 30.5 Å². The van der Waals surface area contributed by atoms with Crippen molar-refractivity contribution < 1.29 is 43.2 Å². The Bertz CT molecular complexity index is 2110. The van der Waals surface area contributed by atoms with Crippen LogP contribution in [0.15, 0.2) is 84.9 Å². The molecule has 1 atom stereocenters. The van der Waals surface area contributed by atoms with Crippen LogP contribution in [-0.2, 0) is 14.3 Å². The Morgan fingerprint density at radius 2 is 1.46 bits per heavy atom. The minimum Gasteiger partial charge on any atom is -0.508 e. The fraction of sp³-hybridized carbons (Fsp3) is 0.211. The predicted octanol–water partition coefficient (Wildman–Crippen LogP) is 6.25. The second kappa shape index (κ2) is 14.0. The Labute approximate surface area is 290 Å². The lowest BCUT2D eigenvalue weighted by Crippen LogP contribution is -2.54. The second-order valence-corrected chi connectivity index (χ2v) is 12.9. The number of nitrogens with one attached hydrogen (secondary N) is 1. The molecule has 0 saturated carbocycles. The molecule has 1 saturated heterocycles. The first-order valence-corrected chi connectivity index (χ1v) is 16.9. The summed E-state index contributed by atoms with van der Waals surface area (Å²) in [5, 5.41) is 13.1. The average molecular weight is 693 g/mol. The molecule has 254 valence electrons. The smallest absolute Gasteiger partial charge is 0.262 e. The minimum atomic E-state index is -1.02. The molecule has 2 aliphatic rings. The van der Waals surface area contributed by atoms with Gasteiger partial charge in [-0.1, -0.05) is 29.8 Å². The molecule has 7 rings (SSSR count). The normalized spacial score (nSPS) is 15.7. The largest absolute Gasteiger partial charge is 0.508 e. The van der Waals surface area contributed by atoms with Gasteiger partial charge in [0, 0.05) is 16.5 Å². The standard InChI is InChI=1S/C38H32N2O9S/c1-22-2-4-23(5-3-22)35-34(29-12-6-24(41)20-32(29)50-35)49-26-9-7-25(8-10-26)47-18-16-46-17-19-48-27-11-13-28-30(21-27)38(45)40(37(28)44)31-14-15-33(42)39-36(31)43/h2-13,20-21,31,41H,14-19H2,1H3,(H,39,42,43). The van der Waals surface area contributed by atoms with Crippen LogP contribution in [0.1, 0.15) is 39.1 Å². The van der Waals surface area contributed by atoms with Gasteiger partial charge in [0.1, 0.15) is 42.3 Å². The van der Waals surface area contributed by atoms with E-state index in [0.717, 1.165) is 31.2 Å². The van der Waals surface area contributed by atoms with Crippen molar-refractivity contribution in [1.82, 2.24) is 10.2 Å². The predicted molar refractivity (Wildman–Crippen MR) is 185 cm³/mol. The van der Waals surface area contributed by atoms with E-state index in [9.17, 15) is 24.3 Å². The molecule has 3 heterocycles. The SMILES string of the molecule is Cc1ccc(-c2sc3cc(O)ccc3c2Oc2ccc(OCCOCCOc3ccc4c(c3)C(=O)N(C3CCC(=O)NC3=O)C4=O)cc2)cc1. The molecule has 12 heteroatoms. The van der Waals surface area contributed by atoms with Crippen molar-refractivity contribution in [1.29, 1.82) is 0 Å². The molecule has 5 aromatic rings. The molecule has 11 nitrogen and oxygen atoms in total. The van der Waals surface area contributed by atoms with Crippen LogP contribution in [0, 0.1) is 6.92 Å². The van der Waals surface area contributed by atoms with E-state index in [1.54, 1.807) is 29.5 Å². The molecule has 50 heavy (non-hydrogen) atoms. The number of benzene rings is 4. The topological polar surface area (TPSA) is 141 Å². The van der Waals surface area contributed by atoms with E-state index in [1.165, 1.54) is 17.7 Å². The maximum atomic E-state index is 13.0. The summed E-state index contributed by atoms with van der Waals surface area (Å²) in [4.78, 5) is 51.5. The van der Waals surface area contributed by atoms with Crippen LogP contribution < -0.4 is 19.5 Å². The third-order valence-corrected chi connectivity index (χ3v) is 9.57. The summed E-state index contributed by atoms with van der Waals surface area (Å²) in [6, 6.07) is 24.4. The lowest BCUT2D eigenvalue weighted by molar-refractivity contribution is -0.136. The number of carbonyl (C=O) groups excluding carboxylic acids is 4. The van der Waals surface area contributed by atoms with Gasteiger partial charge in [-0.15, -0.1) is 11.3 Å². The van der Waals surface area contributed by atoms with E-state index >= 15 is 0 Å². The Hall–Kier alpha value is -5.72. The van der Waals surface area contributed by atoms with E-state index in [4.69, 9.17) is 18.9 Å². The van der Waals surface area contributed by atoms with Gasteiger partial charge in [-0.25, -0.2) is 0 Å². The molecule has 0 bridgehead atoms. The second-order valence-electron chi connectivity index (χ2n) is 11.8. The zero-order valence-corrected chi connectivity index (χ0v) is 27.8. The van der Waals surface area contributed by atoms with Crippen molar-refractivity contribution >= 4 is 45.1 Å². The Morgan fingerprint density at radius 3 is 2.20 bits per heavy atom. The van der Waals surface area contributed by atoms with Crippen molar-refractivity contribution in [3.63, 3.8) is 0 Å². The lowest BCUT2D eigenvalue weighted by Gasteiger charge is -2.27. The minimum absolute atomic E-state index is 0.0577. The Balaban J connectivity index is 0.877. The van der Waals surface area contributed by atoms with E-state index in [-0.39, 0.29) is 42.9 Å². The van der Waals surface area contributed by atoms with Crippen LogP contribution in [0.3, 0.4) is 0 Å². The number of aromatic hydroxyl groups is 1. The number of piperidine rings is 1. The summed E-state index contributed by atoms with van der Waals surface area (Å²) in [5.41, 5.74) is 2.54.